The van der Waals surface area contributed by atoms with Crippen molar-refractivity contribution in [3.8, 4) is 22.3 Å². The van der Waals surface area contributed by atoms with Crippen LogP contribution in [-0.2, 0) is 6.42 Å². The first-order valence-corrected chi connectivity index (χ1v) is 10.7. The van der Waals surface area contributed by atoms with Crippen molar-refractivity contribution < 1.29 is 19.6 Å². The minimum absolute atomic E-state index is 0.0597. The number of nitro groups is 3. The minimum Gasteiger partial charge on any atom is -0.289 e. The molecule has 2 aliphatic rings. The summed E-state index contributed by atoms with van der Waals surface area (Å²) in [5, 5.41) is 32.9. The SMILES string of the molecule is O=C1c2cc([N+](=O)[O-])ccc2-c2c1cc([N+](=O)[O-])cc2[N+](=O)[O-].c1ccc2c(c1)Cc1ccccc1-2. The topological polar surface area (TPSA) is 146 Å². The number of ketones is 1. The minimum atomic E-state index is -0.841. The summed E-state index contributed by atoms with van der Waals surface area (Å²) in [6.45, 7) is 0. The van der Waals surface area contributed by atoms with Crippen LogP contribution in [-0.4, -0.2) is 20.6 Å². The van der Waals surface area contributed by atoms with Crippen LogP contribution >= 0.6 is 0 Å². The first kappa shape index (κ1) is 22.5. The van der Waals surface area contributed by atoms with E-state index in [0.717, 1.165) is 30.7 Å². The molecule has 0 spiro atoms. The van der Waals surface area contributed by atoms with Crippen LogP contribution in [0.1, 0.15) is 27.0 Å². The van der Waals surface area contributed by atoms with Gasteiger partial charge in [0.25, 0.3) is 17.1 Å². The fourth-order valence-electron chi connectivity index (χ4n) is 4.60. The largest absolute Gasteiger partial charge is 0.289 e. The van der Waals surface area contributed by atoms with Crippen molar-refractivity contribution in [2.75, 3.05) is 0 Å². The number of hydrogen-bond acceptors (Lipinski definition) is 7. The summed E-state index contributed by atoms with van der Waals surface area (Å²) in [5.74, 6) is -0.717. The highest BCUT2D eigenvalue weighted by Crippen LogP contribution is 2.45. The van der Waals surface area contributed by atoms with E-state index in [1.807, 2.05) is 0 Å². The molecular formula is C26H15N3O7. The Hall–Kier alpha value is -5.25. The average molecular weight is 481 g/mol. The number of benzene rings is 4. The van der Waals surface area contributed by atoms with Crippen molar-refractivity contribution in [3.05, 3.63) is 131 Å². The summed E-state index contributed by atoms with van der Waals surface area (Å²) in [6, 6.07) is 22.4. The molecule has 4 aromatic carbocycles. The third-order valence-corrected chi connectivity index (χ3v) is 6.19. The number of rotatable bonds is 3. The molecule has 36 heavy (non-hydrogen) atoms. The van der Waals surface area contributed by atoms with Gasteiger partial charge in [-0.15, -0.1) is 0 Å². The van der Waals surface area contributed by atoms with E-state index in [0.29, 0.717) is 0 Å². The van der Waals surface area contributed by atoms with Gasteiger partial charge in [-0.1, -0.05) is 48.5 Å². The van der Waals surface area contributed by atoms with Crippen LogP contribution in [0, 0.1) is 30.3 Å². The number of fused-ring (bicyclic) bond motifs is 6. The molecule has 10 nitrogen and oxygen atoms in total. The van der Waals surface area contributed by atoms with E-state index in [9.17, 15) is 35.1 Å². The lowest BCUT2D eigenvalue weighted by Gasteiger charge is -2.02. The predicted molar refractivity (Wildman–Crippen MR) is 130 cm³/mol. The number of non-ortho nitro benzene ring substituents is 2. The zero-order chi connectivity index (χ0) is 25.6. The van der Waals surface area contributed by atoms with Crippen LogP contribution in [0.4, 0.5) is 17.1 Å². The van der Waals surface area contributed by atoms with Crippen molar-refractivity contribution in [1.82, 2.24) is 0 Å². The van der Waals surface area contributed by atoms with Gasteiger partial charge in [-0.3, -0.25) is 35.1 Å². The lowest BCUT2D eigenvalue weighted by atomic mass is 10.0. The number of carbonyl (C=O) groups is 1. The van der Waals surface area contributed by atoms with Crippen molar-refractivity contribution in [2.45, 2.75) is 6.42 Å². The van der Waals surface area contributed by atoms with E-state index in [4.69, 9.17) is 0 Å². The Morgan fingerprint density at radius 2 is 1.11 bits per heavy atom. The first-order valence-electron chi connectivity index (χ1n) is 10.7. The van der Waals surface area contributed by atoms with Crippen LogP contribution in [0.15, 0.2) is 78.9 Å². The summed E-state index contributed by atoms with van der Waals surface area (Å²) in [7, 11) is 0. The second-order valence-corrected chi connectivity index (χ2v) is 8.21. The van der Waals surface area contributed by atoms with Gasteiger partial charge in [0.2, 0.25) is 0 Å². The molecule has 0 fully saturated rings. The molecular weight excluding hydrogens is 466 g/mol. The molecule has 0 N–H and O–H groups in total. The molecule has 0 bridgehead atoms. The Bertz CT molecular complexity index is 1580. The molecule has 0 atom stereocenters. The van der Waals surface area contributed by atoms with Gasteiger partial charge in [-0.05, 0) is 34.7 Å². The van der Waals surface area contributed by atoms with Crippen LogP contribution in [0.25, 0.3) is 22.3 Å². The van der Waals surface area contributed by atoms with E-state index in [1.54, 1.807) is 0 Å². The van der Waals surface area contributed by atoms with Gasteiger partial charge in [-0.2, -0.15) is 0 Å². The molecule has 0 amide bonds. The van der Waals surface area contributed by atoms with Crippen LogP contribution < -0.4 is 0 Å². The fraction of sp³-hybridized carbons (Fsp3) is 0.0385. The standard InChI is InChI=1S/C13H5N3O7.C13H10/c17-13-9-3-6(14(18)19)1-2-8(9)12-10(13)4-7(15(20)21)5-11(12)16(22)23;1-3-7-12-10(5-1)9-11-6-2-4-8-13(11)12/h1-5H;1-8H,9H2. The highest BCUT2D eigenvalue weighted by molar-refractivity contribution is 6.23. The van der Waals surface area contributed by atoms with Crippen molar-refractivity contribution in [3.63, 3.8) is 0 Å². The van der Waals surface area contributed by atoms with E-state index in [1.165, 1.54) is 28.3 Å². The van der Waals surface area contributed by atoms with Gasteiger partial charge >= 0.3 is 0 Å². The van der Waals surface area contributed by atoms with E-state index < -0.39 is 31.9 Å². The van der Waals surface area contributed by atoms with Gasteiger partial charge in [-0.25, -0.2) is 0 Å². The highest BCUT2D eigenvalue weighted by atomic mass is 16.6. The van der Waals surface area contributed by atoms with Gasteiger partial charge in [0, 0.05) is 34.9 Å². The maximum Gasteiger partial charge on any atom is 0.284 e. The summed E-state index contributed by atoms with van der Waals surface area (Å²) < 4.78 is 0. The zero-order valence-electron chi connectivity index (χ0n) is 18.4. The average Bonchev–Trinajstić information content (AvgIpc) is 3.39. The second kappa shape index (κ2) is 8.51. The third kappa shape index (κ3) is 3.66. The normalized spacial score (nSPS) is 11.9. The van der Waals surface area contributed by atoms with Gasteiger partial charge < -0.3 is 0 Å². The molecule has 0 aliphatic heterocycles. The van der Waals surface area contributed by atoms with Gasteiger partial charge in [0.05, 0.1) is 26.4 Å². The second-order valence-electron chi connectivity index (χ2n) is 8.21. The molecule has 176 valence electrons. The smallest absolute Gasteiger partial charge is 0.284 e. The first-order chi connectivity index (χ1) is 17.3. The fourth-order valence-corrected chi connectivity index (χ4v) is 4.60. The maximum atomic E-state index is 12.3. The number of nitrogens with zero attached hydrogens (tertiary/aromatic N) is 3. The van der Waals surface area contributed by atoms with Crippen molar-refractivity contribution in [2.24, 2.45) is 0 Å². The van der Waals surface area contributed by atoms with E-state index >= 15 is 0 Å². The lowest BCUT2D eigenvalue weighted by molar-refractivity contribution is -0.393. The van der Waals surface area contributed by atoms with Crippen molar-refractivity contribution in [1.29, 1.82) is 0 Å². The Labute approximate surface area is 202 Å². The number of hydrogen-bond donors (Lipinski definition) is 0. The molecule has 0 saturated carbocycles. The lowest BCUT2D eigenvalue weighted by Crippen LogP contribution is -2.00. The zero-order valence-corrected chi connectivity index (χ0v) is 18.4. The predicted octanol–water partition coefficient (Wildman–Crippen LogP) is 5.88. The molecule has 4 aromatic rings. The Kier molecular flexibility index (Phi) is 5.33. The summed E-state index contributed by atoms with van der Waals surface area (Å²) in [5.41, 5.74) is 4.03. The van der Waals surface area contributed by atoms with E-state index in [-0.39, 0.29) is 27.9 Å². The summed E-state index contributed by atoms with van der Waals surface area (Å²) in [6.07, 6.45) is 1.10. The molecule has 0 aromatic heterocycles. The molecule has 10 heteroatoms. The Morgan fingerprint density at radius 3 is 1.67 bits per heavy atom. The van der Waals surface area contributed by atoms with Crippen LogP contribution in [0.2, 0.25) is 0 Å². The van der Waals surface area contributed by atoms with Crippen LogP contribution in [0.5, 0.6) is 0 Å². The van der Waals surface area contributed by atoms with Gasteiger partial charge in [0.1, 0.15) is 0 Å². The number of carbonyl (C=O) groups excluding carboxylic acids is 1. The summed E-state index contributed by atoms with van der Waals surface area (Å²) in [4.78, 5) is 42.8. The molecule has 0 unspecified atom stereocenters. The molecule has 0 heterocycles. The highest BCUT2D eigenvalue weighted by Gasteiger charge is 2.36. The Balaban J connectivity index is 0.000000172. The molecule has 2 aliphatic carbocycles. The molecule has 6 rings (SSSR count). The number of nitro benzene ring substituents is 3. The van der Waals surface area contributed by atoms with Crippen LogP contribution in [0.3, 0.4) is 0 Å². The van der Waals surface area contributed by atoms with E-state index in [2.05, 4.69) is 48.5 Å². The third-order valence-electron chi connectivity index (χ3n) is 6.19. The maximum absolute atomic E-state index is 12.3. The quantitative estimate of drug-likeness (QED) is 0.226. The molecule has 0 saturated heterocycles. The van der Waals surface area contributed by atoms with Crippen molar-refractivity contribution >= 4 is 22.8 Å². The monoisotopic (exact) mass is 481 g/mol. The Morgan fingerprint density at radius 1 is 0.556 bits per heavy atom. The molecule has 0 radical (unpaired) electrons. The van der Waals surface area contributed by atoms with Gasteiger partial charge in [0.15, 0.2) is 5.78 Å². The summed E-state index contributed by atoms with van der Waals surface area (Å²) >= 11 is 0.